The van der Waals surface area contributed by atoms with Crippen LogP contribution in [0.15, 0.2) is 35.1 Å². The Kier molecular flexibility index (Phi) is 7.66. The second-order valence-electron chi connectivity index (χ2n) is 10.5. The maximum absolute atomic E-state index is 13.7. The van der Waals surface area contributed by atoms with E-state index in [1.807, 2.05) is 6.92 Å². The Bertz CT molecular complexity index is 1930. The predicted octanol–water partition coefficient (Wildman–Crippen LogP) is 4.95. The fourth-order valence-electron chi connectivity index (χ4n) is 5.14. The number of hydrogen-bond donors (Lipinski definition) is 1. The normalized spacial score (nSPS) is 14.9. The average Bonchev–Trinajstić information content (AvgIpc) is 3.37. The van der Waals surface area contributed by atoms with Gasteiger partial charge in [0.05, 0.1) is 35.2 Å². The fraction of sp³-hybridized carbons (Fsp3) is 0.345. The quantitative estimate of drug-likeness (QED) is 0.284. The van der Waals surface area contributed by atoms with Gasteiger partial charge >= 0.3 is 6.18 Å². The number of aromatic amines is 1. The molecule has 5 rings (SSSR count). The van der Waals surface area contributed by atoms with E-state index in [-0.39, 0.29) is 34.7 Å². The van der Waals surface area contributed by atoms with Gasteiger partial charge in [-0.1, -0.05) is 6.92 Å². The number of aryl methyl sites for hydroxylation is 2. The van der Waals surface area contributed by atoms with Gasteiger partial charge in [-0.15, -0.1) is 5.10 Å². The Balaban J connectivity index is 1.65. The molecule has 1 amide bonds. The van der Waals surface area contributed by atoms with Crippen molar-refractivity contribution in [2.45, 2.75) is 59.2 Å². The molecule has 11 nitrogen and oxygen atoms in total. The van der Waals surface area contributed by atoms with E-state index in [0.29, 0.717) is 29.2 Å². The molecular weight excluding hydrogens is 597 g/mol. The number of imidazole rings is 1. The Labute approximate surface area is 254 Å². The molecule has 1 aromatic carbocycles. The maximum atomic E-state index is 13.7. The number of carbonyl (C=O) groups is 1. The standard InChI is InChI=1S/C29H27F3N8O3S/c1-6-8-21-34-15(3)23-25(41)36-24(37-40(21)23)22-19(43-7-2)11-12-20(35-22)39-27(44)38(26(42)28(39,4)5)17-10-9-16(14-33)18(13-17)29(30,31)32/h9-13H,6-8H2,1-5H3,(H,36,37,41). The fourth-order valence-corrected chi connectivity index (χ4v) is 5.65. The summed E-state index contributed by atoms with van der Waals surface area (Å²) < 4.78 is 48.5. The molecule has 0 radical (unpaired) electrons. The van der Waals surface area contributed by atoms with Gasteiger partial charge in [-0.2, -0.15) is 18.4 Å². The van der Waals surface area contributed by atoms with Gasteiger partial charge in [-0.25, -0.2) is 14.5 Å². The van der Waals surface area contributed by atoms with E-state index >= 15 is 0 Å². The van der Waals surface area contributed by atoms with E-state index in [2.05, 4.69) is 15.1 Å². The minimum absolute atomic E-state index is 0.0792. The van der Waals surface area contributed by atoms with E-state index in [0.717, 1.165) is 23.5 Å². The Morgan fingerprint density at radius 3 is 2.50 bits per heavy atom. The summed E-state index contributed by atoms with van der Waals surface area (Å²) in [5.74, 6) is 0.530. The number of nitrogens with one attached hydrogen (secondary N) is 1. The Hall–Kier alpha value is -4.84. The molecule has 3 aromatic heterocycles. The summed E-state index contributed by atoms with van der Waals surface area (Å²) in [5, 5.41) is 13.7. The third-order valence-electron chi connectivity index (χ3n) is 7.17. The first-order valence-corrected chi connectivity index (χ1v) is 14.1. The molecule has 0 unspecified atom stereocenters. The summed E-state index contributed by atoms with van der Waals surface area (Å²) in [6, 6.07) is 7.64. The van der Waals surface area contributed by atoms with Crippen LogP contribution in [0.4, 0.5) is 24.7 Å². The second kappa shape index (κ2) is 11.0. The number of nitriles is 1. The van der Waals surface area contributed by atoms with Crippen LogP contribution >= 0.6 is 12.2 Å². The molecule has 0 spiro atoms. The molecule has 1 fully saturated rings. The smallest absolute Gasteiger partial charge is 0.417 e. The third-order valence-corrected chi connectivity index (χ3v) is 7.53. The van der Waals surface area contributed by atoms with Gasteiger partial charge in [-0.3, -0.25) is 19.4 Å². The number of halogens is 3. The van der Waals surface area contributed by atoms with E-state index in [1.165, 1.54) is 21.6 Å². The minimum atomic E-state index is -4.83. The lowest BCUT2D eigenvalue weighted by molar-refractivity contribution is -0.137. The number of thiocarbonyl (C=S) groups is 1. The van der Waals surface area contributed by atoms with Gasteiger partial charge in [-0.05, 0) is 76.7 Å². The van der Waals surface area contributed by atoms with E-state index < -0.39 is 34.3 Å². The molecule has 4 aromatic rings. The maximum Gasteiger partial charge on any atom is 0.417 e. The second-order valence-corrected chi connectivity index (χ2v) is 10.9. The molecule has 44 heavy (non-hydrogen) atoms. The van der Waals surface area contributed by atoms with Crippen LogP contribution in [0.2, 0.25) is 0 Å². The van der Waals surface area contributed by atoms with Crippen molar-refractivity contribution in [2.24, 2.45) is 0 Å². The molecule has 0 atom stereocenters. The highest BCUT2D eigenvalue weighted by molar-refractivity contribution is 7.81. The first kappa shape index (κ1) is 30.6. The van der Waals surface area contributed by atoms with Crippen LogP contribution in [-0.2, 0) is 17.4 Å². The molecule has 4 heterocycles. The summed E-state index contributed by atoms with van der Waals surface area (Å²) in [6.07, 6.45) is -3.48. The Morgan fingerprint density at radius 2 is 1.86 bits per heavy atom. The topological polar surface area (TPSA) is 133 Å². The van der Waals surface area contributed by atoms with Crippen LogP contribution in [0.5, 0.6) is 5.75 Å². The molecule has 15 heteroatoms. The highest BCUT2D eigenvalue weighted by Gasteiger charge is 2.51. The van der Waals surface area contributed by atoms with Crippen molar-refractivity contribution in [3.05, 3.63) is 63.3 Å². The number of rotatable bonds is 7. The lowest BCUT2D eigenvalue weighted by atomic mass is 10.0. The summed E-state index contributed by atoms with van der Waals surface area (Å²) in [6.45, 7) is 8.87. The number of alkyl halides is 3. The molecule has 1 aliphatic heterocycles. The van der Waals surface area contributed by atoms with Gasteiger partial charge in [0.2, 0.25) is 0 Å². The van der Waals surface area contributed by atoms with Crippen LogP contribution in [0, 0.1) is 18.3 Å². The molecule has 1 N–H and O–H groups in total. The van der Waals surface area contributed by atoms with Crippen molar-refractivity contribution in [1.29, 1.82) is 5.26 Å². The van der Waals surface area contributed by atoms with Crippen LogP contribution in [0.25, 0.3) is 17.0 Å². The first-order chi connectivity index (χ1) is 20.7. The van der Waals surface area contributed by atoms with Crippen LogP contribution in [0.1, 0.15) is 56.8 Å². The van der Waals surface area contributed by atoms with Crippen LogP contribution in [0.3, 0.4) is 0 Å². The number of amides is 1. The summed E-state index contributed by atoms with van der Waals surface area (Å²) in [7, 11) is 0. The van der Waals surface area contributed by atoms with Crippen LogP contribution < -0.4 is 20.1 Å². The molecule has 0 bridgehead atoms. The number of nitrogens with zero attached hydrogens (tertiary/aromatic N) is 7. The molecule has 0 aliphatic carbocycles. The lowest BCUT2D eigenvalue weighted by Crippen LogP contribution is -2.44. The number of carbonyl (C=O) groups excluding carboxylic acids is 1. The van der Waals surface area contributed by atoms with Gasteiger partial charge in [0, 0.05) is 6.42 Å². The van der Waals surface area contributed by atoms with Crippen molar-refractivity contribution in [3.63, 3.8) is 0 Å². The number of pyridine rings is 1. The van der Waals surface area contributed by atoms with Gasteiger partial charge < -0.3 is 9.72 Å². The van der Waals surface area contributed by atoms with E-state index in [4.69, 9.17) is 21.9 Å². The predicted molar refractivity (Wildman–Crippen MR) is 160 cm³/mol. The number of hydrogen-bond acceptors (Lipinski definition) is 8. The minimum Gasteiger partial charge on any atom is -0.491 e. The number of fused-ring (bicyclic) bond motifs is 1. The summed E-state index contributed by atoms with van der Waals surface area (Å²) in [5.41, 5.74) is -2.76. The number of aromatic nitrogens is 5. The Morgan fingerprint density at radius 1 is 1.14 bits per heavy atom. The monoisotopic (exact) mass is 624 g/mol. The molecule has 1 aliphatic rings. The van der Waals surface area contributed by atoms with Crippen molar-refractivity contribution in [3.8, 4) is 23.3 Å². The van der Waals surface area contributed by atoms with E-state index in [9.17, 15) is 28.0 Å². The zero-order valence-corrected chi connectivity index (χ0v) is 25.2. The third kappa shape index (κ3) is 4.94. The largest absolute Gasteiger partial charge is 0.491 e. The van der Waals surface area contributed by atoms with E-state index in [1.54, 1.807) is 39.8 Å². The first-order valence-electron chi connectivity index (χ1n) is 13.7. The summed E-state index contributed by atoms with van der Waals surface area (Å²) >= 11 is 5.65. The SMILES string of the molecule is CCCc1nc(C)c2c(=O)[nH]c(-c3nc(N4C(=S)N(c5ccc(C#N)c(C(F)(F)F)c5)C(=O)C4(C)C)ccc3OCC)nn12. The zero-order valence-electron chi connectivity index (χ0n) is 24.4. The van der Waals surface area contributed by atoms with Crippen LogP contribution in [-0.4, -0.2) is 47.7 Å². The molecule has 228 valence electrons. The highest BCUT2D eigenvalue weighted by Crippen LogP contribution is 2.40. The zero-order chi connectivity index (χ0) is 32.1. The number of ether oxygens (including phenoxy) is 1. The molecule has 0 saturated carbocycles. The average molecular weight is 625 g/mol. The summed E-state index contributed by atoms with van der Waals surface area (Å²) in [4.78, 5) is 41.2. The van der Waals surface area contributed by atoms with Crippen molar-refractivity contribution in [2.75, 3.05) is 16.4 Å². The van der Waals surface area contributed by atoms with Crippen molar-refractivity contribution < 1.29 is 22.7 Å². The number of H-pyrrole nitrogens is 1. The van der Waals surface area contributed by atoms with Gasteiger partial charge in [0.1, 0.15) is 22.9 Å². The number of benzene rings is 1. The van der Waals surface area contributed by atoms with Gasteiger partial charge in [0.15, 0.2) is 22.1 Å². The number of anilines is 2. The van der Waals surface area contributed by atoms with Gasteiger partial charge in [0.25, 0.3) is 11.5 Å². The highest BCUT2D eigenvalue weighted by atomic mass is 32.1. The molecular formula is C29H27F3N8O3S. The van der Waals surface area contributed by atoms with Crippen molar-refractivity contribution >= 4 is 40.3 Å². The lowest BCUT2D eigenvalue weighted by Gasteiger charge is -2.28. The molecule has 1 saturated heterocycles. The van der Waals surface area contributed by atoms with Crippen molar-refractivity contribution in [1.82, 2.24) is 24.6 Å².